The summed E-state index contributed by atoms with van der Waals surface area (Å²) in [7, 11) is 3.51. The van der Waals surface area contributed by atoms with E-state index in [2.05, 4.69) is 15.9 Å². The first-order valence-corrected chi connectivity index (χ1v) is 6.83. The van der Waals surface area contributed by atoms with Crippen molar-refractivity contribution in [2.75, 3.05) is 0 Å². The number of fused-ring (bicyclic) bond motifs is 1. The SMILES string of the molecule is Cn1c(=O)n(C)c2cc(C(O)C3CC3)c(Br)cc21. The summed E-state index contributed by atoms with van der Waals surface area (Å²) >= 11 is 3.50. The summed E-state index contributed by atoms with van der Waals surface area (Å²) in [6.07, 6.45) is 1.73. The van der Waals surface area contributed by atoms with Gasteiger partial charge in [-0.05, 0) is 36.5 Å². The number of imidazole rings is 1. The molecule has 5 heteroatoms. The third-order valence-corrected chi connectivity index (χ3v) is 4.46. The second kappa shape index (κ2) is 3.96. The number of benzene rings is 1. The molecule has 0 amide bonds. The Morgan fingerprint density at radius 2 is 1.83 bits per heavy atom. The standard InChI is InChI=1S/C13H15BrN2O2/c1-15-10-5-8(12(17)7-3-4-7)9(14)6-11(10)16(2)13(15)18/h5-7,12,17H,3-4H2,1-2H3. The van der Waals surface area contributed by atoms with E-state index in [0.29, 0.717) is 5.92 Å². The van der Waals surface area contributed by atoms with Gasteiger partial charge in [0.25, 0.3) is 0 Å². The highest BCUT2D eigenvalue weighted by atomic mass is 79.9. The van der Waals surface area contributed by atoms with Crippen molar-refractivity contribution in [3.05, 3.63) is 32.7 Å². The molecule has 18 heavy (non-hydrogen) atoms. The molecule has 1 aliphatic rings. The van der Waals surface area contributed by atoms with Crippen molar-refractivity contribution < 1.29 is 5.11 Å². The first kappa shape index (κ1) is 12.0. The molecule has 1 unspecified atom stereocenters. The molecule has 3 rings (SSSR count). The molecule has 1 heterocycles. The summed E-state index contributed by atoms with van der Waals surface area (Å²) in [6, 6.07) is 3.83. The predicted octanol–water partition coefficient (Wildman–Crippen LogP) is 2.08. The fraction of sp³-hybridized carbons (Fsp3) is 0.462. The molecule has 1 atom stereocenters. The highest BCUT2D eigenvalue weighted by Crippen LogP contribution is 2.43. The lowest BCUT2D eigenvalue weighted by Crippen LogP contribution is -2.19. The third-order valence-electron chi connectivity index (χ3n) is 3.78. The van der Waals surface area contributed by atoms with Crippen LogP contribution >= 0.6 is 15.9 Å². The van der Waals surface area contributed by atoms with Crippen LogP contribution in [0.2, 0.25) is 0 Å². The van der Waals surface area contributed by atoms with Crippen LogP contribution in [0, 0.1) is 5.92 Å². The number of aromatic nitrogens is 2. The van der Waals surface area contributed by atoms with E-state index in [1.165, 1.54) is 0 Å². The summed E-state index contributed by atoms with van der Waals surface area (Å²) in [5, 5.41) is 10.2. The van der Waals surface area contributed by atoms with Gasteiger partial charge in [-0.1, -0.05) is 15.9 Å². The Hall–Kier alpha value is -1.07. The van der Waals surface area contributed by atoms with Crippen LogP contribution in [0.15, 0.2) is 21.4 Å². The Kier molecular flexibility index (Phi) is 2.64. The fourth-order valence-electron chi connectivity index (χ4n) is 2.43. The number of aliphatic hydroxyl groups excluding tert-OH is 1. The van der Waals surface area contributed by atoms with Crippen LogP contribution < -0.4 is 5.69 Å². The van der Waals surface area contributed by atoms with Crippen LogP contribution in [0.4, 0.5) is 0 Å². The van der Waals surface area contributed by atoms with Gasteiger partial charge in [-0.15, -0.1) is 0 Å². The smallest absolute Gasteiger partial charge is 0.328 e. The zero-order chi connectivity index (χ0) is 13.0. The van der Waals surface area contributed by atoms with E-state index in [9.17, 15) is 9.90 Å². The Labute approximate surface area is 113 Å². The molecule has 0 bridgehead atoms. The molecular formula is C13H15BrN2O2. The zero-order valence-electron chi connectivity index (χ0n) is 10.4. The van der Waals surface area contributed by atoms with Crippen molar-refractivity contribution in [1.82, 2.24) is 9.13 Å². The van der Waals surface area contributed by atoms with Gasteiger partial charge in [0.05, 0.1) is 17.1 Å². The van der Waals surface area contributed by atoms with Crippen LogP contribution in [0.25, 0.3) is 11.0 Å². The Morgan fingerprint density at radius 3 is 2.39 bits per heavy atom. The van der Waals surface area contributed by atoms with Crippen molar-refractivity contribution in [2.45, 2.75) is 18.9 Å². The average molecular weight is 311 g/mol. The lowest BCUT2D eigenvalue weighted by atomic mass is 10.0. The lowest BCUT2D eigenvalue weighted by Gasteiger charge is -2.12. The summed E-state index contributed by atoms with van der Waals surface area (Å²) in [5.41, 5.74) is 2.57. The molecule has 4 nitrogen and oxygen atoms in total. The van der Waals surface area contributed by atoms with Gasteiger partial charge in [-0.3, -0.25) is 9.13 Å². The van der Waals surface area contributed by atoms with Crippen molar-refractivity contribution in [1.29, 1.82) is 0 Å². The molecule has 1 saturated carbocycles. The van der Waals surface area contributed by atoms with E-state index in [1.54, 1.807) is 23.2 Å². The van der Waals surface area contributed by atoms with Crippen molar-refractivity contribution in [3.8, 4) is 0 Å². The van der Waals surface area contributed by atoms with Gasteiger partial charge >= 0.3 is 5.69 Å². The maximum Gasteiger partial charge on any atom is 0.328 e. The minimum absolute atomic E-state index is 0.0463. The molecule has 1 fully saturated rings. The van der Waals surface area contributed by atoms with Gasteiger partial charge in [0.15, 0.2) is 0 Å². The second-order valence-electron chi connectivity index (χ2n) is 5.05. The largest absolute Gasteiger partial charge is 0.388 e. The third kappa shape index (κ3) is 1.65. The summed E-state index contributed by atoms with van der Waals surface area (Å²) in [4.78, 5) is 11.9. The van der Waals surface area contributed by atoms with Gasteiger partial charge in [0.1, 0.15) is 0 Å². The molecule has 1 aromatic heterocycles. The number of nitrogens with zero attached hydrogens (tertiary/aromatic N) is 2. The summed E-state index contributed by atoms with van der Waals surface area (Å²) < 4.78 is 4.11. The maximum absolute atomic E-state index is 11.9. The number of hydrogen-bond donors (Lipinski definition) is 1. The number of hydrogen-bond acceptors (Lipinski definition) is 2. The molecule has 0 saturated heterocycles. The molecule has 0 spiro atoms. The van der Waals surface area contributed by atoms with E-state index >= 15 is 0 Å². The number of aliphatic hydroxyl groups is 1. The highest BCUT2D eigenvalue weighted by molar-refractivity contribution is 9.10. The van der Waals surface area contributed by atoms with Gasteiger partial charge in [0, 0.05) is 18.6 Å². The van der Waals surface area contributed by atoms with Crippen LogP contribution in [-0.2, 0) is 14.1 Å². The molecule has 96 valence electrons. The van der Waals surface area contributed by atoms with Crippen LogP contribution in [0.3, 0.4) is 0 Å². The molecule has 2 aromatic rings. The molecule has 0 aliphatic heterocycles. The summed E-state index contributed by atoms with van der Waals surface area (Å²) in [6.45, 7) is 0. The van der Waals surface area contributed by atoms with Gasteiger partial charge in [-0.25, -0.2) is 4.79 Å². The minimum Gasteiger partial charge on any atom is -0.388 e. The molecule has 0 radical (unpaired) electrons. The number of aryl methyl sites for hydroxylation is 2. The topological polar surface area (TPSA) is 47.2 Å². The first-order valence-electron chi connectivity index (χ1n) is 6.03. The van der Waals surface area contributed by atoms with E-state index in [4.69, 9.17) is 0 Å². The summed E-state index contributed by atoms with van der Waals surface area (Å²) in [5.74, 6) is 0.375. The average Bonchev–Trinajstić information content (AvgIpc) is 3.16. The number of halogens is 1. The van der Waals surface area contributed by atoms with Crippen molar-refractivity contribution >= 4 is 27.0 Å². The normalized spacial score (nSPS) is 17.3. The highest BCUT2D eigenvalue weighted by Gasteiger charge is 2.32. The first-order chi connectivity index (χ1) is 8.50. The van der Waals surface area contributed by atoms with E-state index in [-0.39, 0.29) is 5.69 Å². The van der Waals surface area contributed by atoms with E-state index in [0.717, 1.165) is 33.9 Å². The van der Waals surface area contributed by atoms with Gasteiger partial charge in [-0.2, -0.15) is 0 Å². The Bertz CT molecular complexity index is 682. The number of rotatable bonds is 2. The lowest BCUT2D eigenvalue weighted by molar-refractivity contribution is 0.153. The van der Waals surface area contributed by atoms with E-state index in [1.807, 2.05) is 12.1 Å². The second-order valence-corrected chi connectivity index (χ2v) is 5.90. The quantitative estimate of drug-likeness (QED) is 0.923. The monoisotopic (exact) mass is 310 g/mol. The molecule has 1 aliphatic carbocycles. The van der Waals surface area contributed by atoms with Crippen molar-refractivity contribution in [3.63, 3.8) is 0 Å². The van der Waals surface area contributed by atoms with Gasteiger partial charge in [0.2, 0.25) is 0 Å². The maximum atomic E-state index is 11.9. The molecule has 1 aromatic carbocycles. The predicted molar refractivity (Wildman–Crippen MR) is 73.5 cm³/mol. The van der Waals surface area contributed by atoms with Crippen LogP contribution in [-0.4, -0.2) is 14.2 Å². The molecular weight excluding hydrogens is 296 g/mol. The van der Waals surface area contributed by atoms with Gasteiger partial charge < -0.3 is 5.11 Å². The minimum atomic E-state index is -0.431. The Balaban J connectivity index is 2.25. The fourth-order valence-corrected chi connectivity index (χ4v) is 2.99. The van der Waals surface area contributed by atoms with E-state index < -0.39 is 6.10 Å². The van der Waals surface area contributed by atoms with Crippen LogP contribution in [0.1, 0.15) is 24.5 Å². The van der Waals surface area contributed by atoms with Crippen LogP contribution in [0.5, 0.6) is 0 Å². The van der Waals surface area contributed by atoms with Crippen molar-refractivity contribution in [2.24, 2.45) is 20.0 Å². The molecule has 1 N–H and O–H groups in total. The Morgan fingerprint density at radius 1 is 1.28 bits per heavy atom. The zero-order valence-corrected chi connectivity index (χ0v) is 11.9.